The second-order valence-electron chi connectivity index (χ2n) is 6.21. The van der Waals surface area contributed by atoms with Gasteiger partial charge in [0.1, 0.15) is 16.9 Å². The van der Waals surface area contributed by atoms with Gasteiger partial charge in [0.15, 0.2) is 0 Å². The molecular formula is C17H24N4O2S. The van der Waals surface area contributed by atoms with Gasteiger partial charge < -0.3 is 14.6 Å². The van der Waals surface area contributed by atoms with E-state index in [2.05, 4.69) is 26.0 Å². The normalized spacial score (nSPS) is 18.2. The van der Waals surface area contributed by atoms with Crippen LogP contribution in [0.2, 0.25) is 0 Å². The Bertz CT molecular complexity index is 709. The van der Waals surface area contributed by atoms with E-state index in [1.54, 1.807) is 11.3 Å². The Morgan fingerprint density at radius 1 is 1.54 bits per heavy atom. The zero-order valence-electron chi connectivity index (χ0n) is 14.4. The minimum atomic E-state index is -0.0157. The van der Waals surface area contributed by atoms with Crippen LogP contribution in [0.1, 0.15) is 48.6 Å². The van der Waals surface area contributed by atoms with Crippen molar-refractivity contribution in [1.82, 2.24) is 19.9 Å². The molecule has 0 aromatic carbocycles. The van der Waals surface area contributed by atoms with Gasteiger partial charge in [-0.3, -0.25) is 4.79 Å². The first kappa shape index (κ1) is 17.1. The summed E-state index contributed by atoms with van der Waals surface area (Å²) in [6.07, 6.45) is 4.20. The van der Waals surface area contributed by atoms with Crippen LogP contribution in [0, 0.1) is 6.92 Å². The second-order valence-corrected chi connectivity index (χ2v) is 7.10. The topological polar surface area (TPSA) is 69.0 Å². The van der Waals surface area contributed by atoms with E-state index in [0.717, 1.165) is 41.6 Å². The van der Waals surface area contributed by atoms with E-state index < -0.39 is 0 Å². The number of amides is 1. The van der Waals surface area contributed by atoms with Crippen molar-refractivity contribution in [2.75, 3.05) is 6.61 Å². The molecule has 3 heterocycles. The van der Waals surface area contributed by atoms with Crippen molar-refractivity contribution in [2.24, 2.45) is 0 Å². The van der Waals surface area contributed by atoms with Crippen molar-refractivity contribution in [3.63, 3.8) is 0 Å². The molecule has 0 aliphatic carbocycles. The van der Waals surface area contributed by atoms with Crippen LogP contribution >= 0.6 is 11.3 Å². The van der Waals surface area contributed by atoms with E-state index in [1.165, 1.54) is 0 Å². The number of nitrogens with one attached hydrogen (secondary N) is 1. The fourth-order valence-corrected chi connectivity index (χ4v) is 3.88. The summed E-state index contributed by atoms with van der Waals surface area (Å²) in [5, 5.41) is 6.00. The molecule has 1 amide bonds. The van der Waals surface area contributed by atoms with Gasteiger partial charge in [-0.25, -0.2) is 9.97 Å². The van der Waals surface area contributed by atoms with E-state index in [9.17, 15) is 4.79 Å². The fourth-order valence-electron chi connectivity index (χ4n) is 3.06. The Kier molecular flexibility index (Phi) is 5.30. The van der Waals surface area contributed by atoms with Gasteiger partial charge in [-0.2, -0.15) is 0 Å². The lowest BCUT2D eigenvalue weighted by Crippen LogP contribution is -2.41. The standard InChI is InChI=1S/C17H24N4O2S/c1-4-23-12(3)17-20-14(10-24-17)7-16(22)19-13-5-6-15-18-11(2)8-21(15)9-13/h8,10,12-13H,4-7,9H2,1-3H3,(H,19,22)/t12-,13+/m1/s1. The molecule has 1 aliphatic rings. The number of thiazole rings is 1. The number of hydrogen-bond donors (Lipinski definition) is 1. The number of rotatable bonds is 6. The number of aryl methyl sites for hydroxylation is 2. The molecule has 1 N–H and O–H groups in total. The van der Waals surface area contributed by atoms with Crippen molar-refractivity contribution < 1.29 is 9.53 Å². The van der Waals surface area contributed by atoms with Gasteiger partial charge in [-0.05, 0) is 27.2 Å². The molecule has 7 heteroatoms. The van der Waals surface area contributed by atoms with Gasteiger partial charge in [-0.1, -0.05) is 0 Å². The van der Waals surface area contributed by atoms with Crippen molar-refractivity contribution in [3.05, 3.63) is 33.8 Å². The number of carbonyl (C=O) groups is 1. The molecular weight excluding hydrogens is 324 g/mol. The van der Waals surface area contributed by atoms with Crippen LogP contribution in [-0.4, -0.2) is 33.1 Å². The number of imidazole rings is 1. The predicted molar refractivity (Wildman–Crippen MR) is 93.1 cm³/mol. The molecule has 130 valence electrons. The van der Waals surface area contributed by atoms with Gasteiger partial charge in [0.05, 0.1) is 17.8 Å². The minimum absolute atomic E-state index is 0.0157. The van der Waals surface area contributed by atoms with Crippen molar-refractivity contribution in [1.29, 1.82) is 0 Å². The van der Waals surface area contributed by atoms with Crippen molar-refractivity contribution in [3.8, 4) is 0 Å². The van der Waals surface area contributed by atoms with Gasteiger partial charge in [-0.15, -0.1) is 11.3 Å². The van der Waals surface area contributed by atoms with E-state index in [-0.39, 0.29) is 18.1 Å². The van der Waals surface area contributed by atoms with Gasteiger partial charge >= 0.3 is 0 Å². The maximum atomic E-state index is 12.3. The second kappa shape index (κ2) is 7.44. The highest BCUT2D eigenvalue weighted by Gasteiger charge is 2.21. The van der Waals surface area contributed by atoms with E-state index in [1.807, 2.05) is 26.2 Å². The summed E-state index contributed by atoms with van der Waals surface area (Å²) in [4.78, 5) is 21.3. The van der Waals surface area contributed by atoms with Gasteiger partial charge in [0, 0.05) is 37.2 Å². The molecule has 0 fully saturated rings. The third-order valence-electron chi connectivity index (χ3n) is 4.15. The number of aromatic nitrogens is 3. The Morgan fingerprint density at radius 2 is 2.38 bits per heavy atom. The SMILES string of the molecule is CCO[C@H](C)c1nc(CC(=O)N[C@H]2CCc3nc(C)cn3C2)cs1. The van der Waals surface area contributed by atoms with Crippen LogP contribution in [0.15, 0.2) is 11.6 Å². The maximum Gasteiger partial charge on any atom is 0.226 e. The average Bonchev–Trinajstić information content (AvgIpc) is 3.12. The molecule has 0 saturated carbocycles. The lowest BCUT2D eigenvalue weighted by molar-refractivity contribution is -0.121. The highest BCUT2D eigenvalue weighted by molar-refractivity contribution is 7.09. The van der Waals surface area contributed by atoms with E-state index >= 15 is 0 Å². The van der Waals surface area contributed by atoms with Gasteiger partial charge in [0.2, 0.25) is 5.91 Å². The molecule has 2 atom stereocenters. The summed E-state index contributed by atoms with van der Waals surface area (Å²) in [6, 6.07) is 0.166. The zero-order chi connectivity index (χ0) is 17.1. The number of nitrogens with zero attached hydrogens (tertiary/aromatic N) is 3. The lowest BCUT2D eigenvalue weighted by atomic mass is 10.1. The van der Waals surface area contributed by atoms with E-state index in [0.29, 0.717) is 13.0 Å². The molecule has 2 aromatic rings. The predicted octanol–water partition coefficient (Wildman–Crippen LogP) is 2.42. The molecule has 0 saturated heterocycles. The molecule has 2 aromatic heterocycles. The first-order valence-electron chi connectivity index (χ1n) is 8.43. The third-order valence-corrected chi connectivity index (χ3v) is 5.21. The van der Waals surface area contributed by atoms with Crippen LogP contribution in [0.25, 0.3) is 0 Å². The summed E-state index contributed by atoms with van der Waals surface area (Å²) in [5.74, 6) is 1.15. The molecule has 0 radical (unpaired) electrons. The quantitative estimate of drug-likeness (QED) is 0.870. The zero-order valence-corrected chi connectivity index (χ0v) is 15.2. The Balaban J connectivity index is 1.53. The van der Waals surface area contributed by atoms with Crippen molar-refractivity contribution >= 4 is 17.2 Å². The molecule has 24 heavy (non-hydrogen) atoms. The molecule has 3 rings (SSSR count). The Labute approximate surface area is 146 Å². The minimum Gasteiger partial charge on any atom is -0.372 e. The summed E-state index contributed by atoms with van der Waals surface area (Å²) in [6.45, 7) is 7.41. The largest absolute Gasteiger partial charge is 0.372 e. The van der Waals surface area contributed by atoms with Crippen molar-refractivity contribution in [2.45, 2.75) is 58.7 Å². The van der Waals surface area contributed by atoms with Crippen LogP contribution < -0.4 is 5.32 Å². The first-order chi connectivity index (χ1) is 11.5. The molecule has 0 unspecified atom stereocenters. The summed E-state index contributed by atoms with van der Waals surface area (Å²) < 4.78 is 7.69. The smallest absolute Gasteiger partial charge is 0.226 e. The molecule has 1 aliphatic heterocycles. The highest BCUT2D eigenvalue weighted by Crippen LogP contribution is 2.21. The van der Waals surface area contributed by atoms with Gasteiger partial charge in [0.25, 0.3) is 0 Å². The van der Waals surface area contributed by atoms with Crippen LogP contribution in [0.4, 0.5) is 0 Å². The average molecular weight is 348 g/mol. The maximum absolute atomic E-state index is 12.3. The number of ether oxygens (including phenoxy) is 1. The molecule has 6 nitrogen and oxygen atoms in total. The van der Waals surface area contributed by atoms with Crippen LogP contribution in [0.3, 0.4) is 0 Å². The Hall–Kier alpha value is -1.73. The first-order valence-corrected chi connectivity index (χ1v) is 9.31. The summed E-state index contributed by atoms with van der Waals surface area (Å²) in [7, 11) is 0. The third kappa shape index (κ3) is 4.02. The van der Waals surface area contributed by atoms with Crippen LogP contribution in [-0.2, 0) is 28.9 Å². The molecule has 0 bridgehead atoms. The summed E-state index contributed by atoms with van der Waals surface area (Å²) in [5.41, 5.74) is 1.85. The van der Waals surface area contributed by atoms with E-state index in [4.69, 9.17) is 4.74 Å². The Morgan fingerprint density at radius 3 is 3.17 bits per heavy atom. The summed E-state index contributed by atoms with van der Waals surface area (Å²) >= 11 is 1.55. The fraction of sp³-hybridized carbons (Fsp3) is 0.588. The lowest BCUT2D eigenvalue weighted by Gasteiger charge is -2.24. The van der Waals surface area contributed by atoms with Crippen LogP contribution in [0.5, 0.6) is 0 Å². The molecule has 0 spiro atoms. The number of hydrogen-bond acceptors (Lipinski definition) is 5. The highest BCUT2D eigenvalue weighted by atomic mass is 32.1. The monoisotopic (exact) mass is 348 g/mol. The number of carbonyl (C=O) groups excluding carboxylic acids is 1. The number of fused-ring (bicyclic) bond motifs is 1.